The number of hydrogen-bond acceptors (Lipinski definition) is 2. The molecule has 1 aromatic rings. The van der Waals surface area contributed by atoms with Crippen LogP contribution in [0.3, 0.4) is 0 Å². The molecular weight excluding hydrogens is 245 g/mol. The van der Waals surface area contributed by atoms with Crippen molar-refractivity contribution in [2.75, 3.05) is 6.61 Å². The molecule has 1 rings (SSSR count). The van der Waals surface area contributed by atoms with Crippen molar-refractivity contribution >= 4 is 11.6 Å². The molecule has 0 amide bonds. The third-order valence-corrected chi connectivity index (χ3v) is 2.41. The van der Waals surface area contributed by atoms with Gasteiger partial charge in [-0.3, -0.25) is 0 Å². The van der Waals surface area contributed by atoms with Crippen molar-refractivity contribution in [1.82, 2.24) is 0 Å². The molecule has 0 radical (unpaired) electrons. The maximum absolute atomic E-state index is 12.4. The summed E-state index contributed by atoms with van der Waals surface area (Å²) in [5.74, 6) is 0. The summed E-state index contributed by atoms with van der Waals surface area (Å²) in [5.41, 5.74) is -0.657. The smallest absolute Gasteiger partial charge is 0.394 e. The molecule has 90 valence electrons. The van der Waals surface area contributed by atoms with Crippen molar-refractivity contribution in [3.63, 3.8) is 0 Å². The Labute approximate surface area is 95.3 Å². The molecule has 6 heteroatoms. The molecule has 0 spiro atoms. The number of halogens is 4. The summed E-state index contributed by atoms with van der Waals surface area (Å²) in [5, 5.41) is 17.9. The predicted octanol–water partition coefficient (Wildman–Crippen LogP) is 2.25. The van der Waals surface area contributed by atoms with Crippen LogP contribution in [0, 0.1) is 0 Å². The first-order valence-electron chi connectivity index (χ1n) is 4.49. The summed E-state index contributed by atoms with van der Waals surface area (Å²) in [7, 11) is 0. The topological polar surface area (TPSA) is 40.5 Å². The van der Waals surface area contributed by atoms with Crippen molar-refractivity contribution in [3.8, 4) is 0 Å². The van der Waals surface area contributed by atoms with E-state index in [2.05, 4.69) is 0 Å². The van der Waals surface area contributed by atoms with Gasteiger partial charge >= 0.3 is 6.18 Å². The van der Waals surface area contributed by atoms with Crippen molar-refractivity contribution in [2.45, 2.75) is 18.7 Å². The predicted molar refractivity (Wildman–Crippen MR) is 53.3 cm³/mol. The number of benzene rings is 1. The molecule has 0 saturated heterocycles. The minimum Gasteiger partial charge on any atom is -0.394 e. The lowest BCUT2D eigenvalue weighted by atomic mass is 10.0. The van der Waals surface area contributed by atoms with E-state index in [1.165, 1.54) is 0 Å². The molecule has 0 bridgehead atoms. The lowest BCUT2D eigenvalue weighted by Gasteiger charge is -2.12. The van der Waals surface area contributed by atoms with Crippen molar-refractivity contribution in [3.05, 3.63) is 34.3 Å². The fourth-order valence-electron chi connectivity index (χ4n) is 1.23. The molecule has 0 aromatic heterocycles. The molecule has 0 saturated carbocycles. The highest BCUT2D eigenvalue weighted by atomic mass is 35.5. The second-order valence-electron chi connectivity index (χ2n) is 3.34. The van der Waals surface area contributed by atoms with Crippen LogP contribution in [0.5, 0.6) is 0 Å². The minimum atomic E-state index is -4.44. The molecule has 1 atom stereocenters. The van der Waals surface area contributed by atoms with Crippen LogP contribution in [-0.4, -0.2) is 22.9 Å². The standard InChI is InChI=1S/C10H10ClF3O2/c11-9-2-1-7(10(12,13)14)3-6(9)4-8(16)5-15/h1-3,8,15-16H,4-5H2. The van der Waals surface area contributed by atoms with Gasteiger partial charge in [-0.25, -0.2) is 0 Å². The summed E-state index contributed by atoms with van der Waals surface area (Å²) < 4.78 is 37.1. The SMILES string of the molecule is OCC(O)Cc1cc(C(F)(F)F)ccc1Cl. The second kappa shape index (κ2) is 5.03. The number of aliphatic hydroxyl groups is 2. The Balaban J connectivity index is 3.00. The van der Waals surface area contributed by atoms with Crippen LogP contribution in [0.2, 0.25) is 5.02 Å². The molecule has 1 aromatic carbocycles. The van der Waals surface area contributed by atoms with Crippen molar-refractivity contribution in [1.29, 1.82) is 0 Å². The number of rotatable bonds is 3. The average Bonchev–Trinajstić information content (AvgIpc) is 2.19. The maximum Gasteiger partial charge on any atom is 0.416 e. The zero-order chi connectivity index (χ0) is 12.3. The molecule has 2 N–H and O–H groups in total. The van der Waals surface area contributed by atoms with Gasteiger partial charge < -0.3 is 10.2 Å². The highest BCUT2D eigenvalue weighted by molar-refractivity contribution is 6.31. The third-order valence-electron chi connectivity index (χ3n) is 2.04. The van der Waals surface area contributed by atoms with E-state index >= 15 is 0 Å². The van der Waals surface area contributed by atoms with Crippen LogP contribution in [0.1, 0.15) is 11.1 Å². The van der Waals surface area contributed by atoms with Gasteiger partial charge in [-0.2, -0.15) is 13.2 Å². The summed E-state index contributed by atoms with van der Waals surface area (Å²) in [6, 6.07) is 2.88. The first kappa shape index (κ1) is 13.3. The average molecular weight is 255 g/mol. The summed E-state index contributed by atoms with van der Waals surface area (Å²) in [6.07, 6.45) is -5.66. The van der Waals surface area contributed by atoms with E-state index in [1.54, 1.807) is 0 Å². The monoisotopic (exact) mass is 254 g/mol. The number of hydrogen-bond donors (Lipinski definition) is 2. The second-order valence-corrected chi connectivity index (χ2v) is 3.75. The van der Waals surface area contributed by atoms with Gasteiger partial charge in [-0.15, -0.1) is 0 Å². The van der Waals surface area contributed by atoms with E-state index in [-0.39, 0.29) is 17.0 Å². The van der Waals surface area contributed by atoms with Crippen LogP contribution in [0.4, 0.5) is 13.2 Å². The van der Waals surface area contributed by atoms with E-state index in [1.807, 2.05) is 0 Å². The normalized spacial score (nSPS) is 13.9. The third kappa shape index (κ3) is 3.37. The lowest BCUT2D eigenvalue weighted by molar-refractivity contribution is -0.137. The molecule has 0 aliphatic heterocycles. The maximum atomic E-state index is 12.4. The molecule has 0 aliphatic rings. The van der Waals surface area contributed by atoms with E-state index in [0.717, 1.165) is 18.2 Å². The number of alkyl halides is 3. The van der Waals surface area contributed by atoms with Gasteiger partial charge in [0.1, 0.15) is 0 Å². The molecular formula is C10H10ClF3O2. The van der Waals surface area contributed by atoms with Gasteiger partial charge in [0.15, 0.2) is 0 Å². The van der Waals surface area contributed by atoms with Crippen LogP contribution in [0.15, 0.2) is 18.2 Å². The van der Waals surface area contributed by atoms with Gasteiger partial charge in [0.05, 0.1) is 18.3 Å². The van der Waals surface area contributed by atoms with E-state index in [9.17, 15) is 13.2 Å². The molecule has 0 heterocycles. The molecule has 16 heavy (non-hydrogen) atoms. The summed E-state index contributed by atoms with van der Waals surface area (Å²) in [4.78, 5) is 0. The lowest BCUT2D eigenvalue weighted by Crippen LogP contribution is -2.16. The van der Waals surface area contributed by atoms with Gasteiger partial charge in [0, 0.05) is 11.4 Å². The Morgan fingerprint density at radius 3 is 2.44 bits per heavy atom. The molecule has 0 fully saturated rings. The molecule has 0 aliphatic carbocycles. The van der Waals surface area contributed by atoms with Crippen LogP contribution in [0.25, 0.3) is 0 Å². The van der Waals surface area contributed by atoms with Crippen LogP contribution < -0.4 is 0 Å². The highest BCUT2D eigenvalue weighted by Crippen LogP contribution is 2.32. The van der Waals surface area contributed by atoms with Crippen molar-refractivity contribution in [2.24, 2.45) is 0 Å². The molecule has 1 unspecified atom stereocenters. The Hall–Kier alpha value is -0.780. The fourth-order valence-corrected chi connectivity index (χ4v) is 1.42. The van der Waals surface area contributed by atoms with E-state index < -0.39 is 24.5 Å². The van der Waals surface area contributed by atoms with Crippen LogP contribution >= 0.6 is 11.6 Å². The minimum absolute atomic E-state index is 0.112. The summed E-state index contributed by atoms with van der Waals surface area (Å²) >= 11 is 5.69. The zero-order valence-corrected chi connectivity index (χ0v) is 8.89. The largest absolute Gasteiger partial charge is 0.416 e. The first-order chi connectivity index (χ1) is 7.34. The Bertz CT molecular complexity index is 366. The quantitative estimate of drug-likeness (QED) is 0.869. The first-order valence-corrected chi connectivity index (χ1v) is 4.87. The van der Waals surface area contributed by atoms with Gasteiger partial charge in [-0.1, -0.05) is 11.6 Å². The van der Waals surface area contributed by atoms with Gasteiger partial charge in [0.25, 0.3) is 0 Å². The Kier molecular flexibility index (Phi) is 4.18. The van der Waals surface area contributed by atoms with E-state index in [4.69, 9.17) is 21.8 Å². The number of aliphatic hydroxyl groups excluding tert-OH is 2. The fraction of sp³-hybridized carbons (Fsp3) is 0.400. The van der Waals surface area contributed by atoms with Crippen molar-refractivity contribution < 1.29 is 23.4 Å². The zero-order valence-electron chi connectivity index (χ0n) is 8.13. The molecule has 2 nitrogen and oxygen atoms in total. The Morgan fingerprint density at radius 2 is 1.94 bits per heavy atom. The highest BCUT2D eigenvalue weighted by Gasteiger charge is 2.30. The van der Waals surface area contributed by atoms with Gasteiger partial charge in [-0.05, 0) is 23.8 Å². The van der Waals surface area contributed by atoms with Crippen LogP contribution in [-0.2, 0) is 12.6 Å². The Morgan fingerprint density at radius 1 is 1.31 bits per heavy atom. The summed E-state index contributed by atoms with van der Waals surface area (Å²) in [6.45, 7) is -0.521. The van der Waals surface area contributed by atoms with Gasteiger partial charge in [0.2, 0.25) is 0 Å². The van der Waals surface area contributed by atoms with E-state index in [0.29, 0.717) is 0 Å².